The number of thiophene rings is 1. The minimum Gasteiger partial charge on any atom is -0.497 e. The van der Waals surface area contributed by atoms with Crippen LogP contribution < -0.4 is 9.47 Å². The van der Waals surface area contributed by atoms with Crippen LogP contribution in [-0.2, 0) is 6.61 Å². The summed E-state index contributed by atoms with van der Waals surface area (Å²) in [6.07, 6.45) is 0. The molecule has 0 saturated carbocycles. The van der Waals surface area contributed by atoms with Crippen molar-refractivity contribution in [2.75, 3.05) is 7.11 Å². The van der Waals surface area contributed by atoms with E-state index in [4.69, 9.17) is 26.3 Å². The molecule has 0 amide bonds. The third-order valence-corrected chi connectivity index (χ3v) is 3.46. The molecule has 0 unspecified atom stereocenters. The Labute approximate surface area is 114 Å². The fraction of sp³-hybridized carbons (Fsp3) is 0.154. The van der Waals surface area contributed by atoms with E-state index < -0.39 is 0 Å². The van der Waals surface area contributed by atoms with Gasteiger partial charge in [-0.3, -0.25) is 0 Å². The van der Waals surface area contributed by atoms with E-state index in [-0.39, 0.29) is 0 Å². The third kappa shape index (κ3) is 3.16. The van der Waals surface area contributed by atoms with Gasteiger partial charge in [-0.15, -0.1) is 11.3 Å². The van der Waals surface area contributed by atoms with Crippen molar-refractivity contribution in [1.82, 2.24) is 0 Å². The molecular formula is C13H10ClNO2S. The van der Waals surface area contributed by atoms with Crippen LogP contribution in [0.25, 0.3) is 0 Å². The maximum absolute atomic E-state index is 8.89. The first-order chi connectivity index (χ1) is 8.71. The third-order valence-electron chi connectivity index (χ3n) is 2.25. The van der Waals surface area contributed by atoms with Crippen molar-refractivity contribution >= 4 is 22.9 Å². The largest absolute Gasteiger partial charge is 0.497 e. The smallest absolute Gasteiger partial charge is 0.124 e. The Bertz CT molecular complexity index is 589. The second-order valence-corrected chi connectivity index (χ2v) is 5.30. The van der Waals surface area contributed by atoms with E-state index in [1.165, 1.54) is 11.3 Å². The zero-order valence-electron chi connectivity index (χ0n) is 9.64. The Kier molecular flexibility index (Phi) is 4.08. The van der Waals surface area contributed by atoms with Gasteiger partial charge in [0.15, 0.2) is 0 Å². The SMILES string of the molecule is COc1cc(C#N)cc(OCc2ccc(Cl)s2)c1. The first-order valence-corrected chi connectivity index (χ1v) is 6.37. The summed E-state index contributed by atoms with van der Waals surface area (Å²) in [5.41, 5.74) is 0.508. The molecule has 18 heavy (non-hydrogen) atoms. The van der Waals surface area contributed by atoms with Gasteiger partial charge >= 0.3 is 0 Å². The number of halogens is 1. The number of benzene rings is 1. The molecule has 0 atom stereocenters. The van der Waals surface area contributed by atoms with E-state index in [0.29, 0.717) is 23.7 Å². The van der Waals surface area contributed by atoms with Crippen molar-refractivity contribution in [2.24, 2.45) is 0 Å². The standard InChI is InChI=1S/C13H10ClNO2S/c1-16-10-4-9(7-15)5-11(6-10)17-8-12-2-3-13(14)18-12/h2-6H,8H2,1H3. The molecule has 0 aliphatic heterocycles. The normalized spacial score (nSPS) is 9.83. The zero-order valence-corrected chi connectivity index (χ0v) is 11.2. The molecule has 92 valence electrons. The Morgan fingerprint density at radius 3 is 2.67 bits per heavy atom. The van der Waals surface area contributed by atoms with Crippen LogP contribution in [0.1, 0.15) is 10.4 Å². The molecule has 0 spiro atoms. The number of ether oxygens (including phenoxy) is 2. The summed E-state index contributed by atoms with van der Waals surface area (Å²) < 4.78 is 11.4. The average molecular weight is 280 g/mol. The highest BCUT2D eigenvalue weighted by Gasteiger charge is 2.04. The number of nitrogens with zero attached hydrogens (tertiary/aromatic N) is 1. The molecule has 5 heteroatoms. The van der Waals surface area contributed by atoms with Crippen LogP contribution in [0, 0.1) is 11.3 Å². The summed E-state index contributed by atoms with van der Waals surface area (Å²) in [5.74, 6) is 1.21. The van der Waals surface area contributed by atoms with E-state index >= 15 is 0 Å². The highest BCUT2D eigenvalue weighted by atomic mass is 35.5. The minimum atomic E-state index is 0.426. The van der Waals surface area contributed by atoms with Gasteiger partial charge in [-0.2, -0.15) is 5.26 Å². The van der Waals surface area contributed by atoms with Gasteiger partial charge in [-0.05, 0) is 24.3 Å². The van der Waals surface area contributed by atoms with Crippen molar-refractivity contribution in [3.8, 4) is 17.6 Å². The van der Waals surface area contributed by atoms with Crippen molar-refractivity contribution in [3.63, 3.8) is 0 Å². The molecule has 0 aliphatic rings. The van der Waals surface area contributed by atoms with E-state index in [1.807, 2.05) is 12.1 Å². The Balaban J connectivity index is 2.11. The van der Waals surface area contributed by atoms with Crippen LogP contribution >= 0.6 is 22.9 Å². The molecule has 0 aliphatic carbocycles. The fourth-order valence-corrected chi connectivity index (χ4v) is 2.42. The summed E-state index contributed by atoms with van der Waals surface area (Å²) in [6, 6.07) is 10.9. The summed E-state index contributed by atoms with van der Waals surface area (Å²) in [4.78, 5) is 1.03. The summed E-state index contributed by atoms with van der Waals surface area (Å²) >= 11 is 7.31. The number of hydrogen-bond donors (Lipinski definition) is 0. The Hall–Kier alpha value is -1.70. The molecular weight excluding hydrogens is 270 g/mol. The number of nitriles is 1. The van der Waals surface area contributed by atoms with Crippen molar-refractivity contribution in [3.05, 3.63) is 45.1 Å². The first kappa shape index (κ1) is 12.7. The predicted molar refractivity (Wildman–Crippen MR) is 71.4 cm³/mol. The molecule has 2 rings (SSSR count). The highest BCUT2D eigenvalue weighted by molar-refractivity contribution is 7.16. The molecule has 1 aromatic heterocycles. The topological polar surface area (TPSA) is 42.2 Å². The van der Waals surface area contributed by atoms with E-state index in [9.17, 15) is 0 Å². The molecule has 0 radical (unpaired) electrons. The predicted octanol–water partition coefficient (Wildman–Crippen LogP) is 3.86. The lowest BCUT2D eigenvalue weighted by Crippen LogP contribution is -1.94. The van der Waals surface area contributed by atoms with Gasteiger partial charge < -0.3 is 9.47 Å². The Morgan fingerprint density at radius 2 is 2.06 bits per heavy atom. The van der Waals surface area contributed by atoms with Crippen LogP contribution in [0.15, 0.2) is 30.3 Å². The van der Waals surface area contributed by atoms with Gasteiger partial charge in [0.2, 0.25) is 0 Å². The lowest BCUT2D eigenvalue weighted by molar-refractivity contribution is 0.307. The van der Waals surface area contributed by atoms with Crippen LogP contribution in [-0.4, -0.2) is 7.11 Å². The van der Waals surface area contributed by atoms with E-state index in [1.54, 1.807) is 25.3 Å². The number of rotatable bonds is 4. The van der Waals surface area contributed by atoms with Gasteiger partial charge in [0.05, 0.1) is 23.1 Å². The minimum absolute atomic E-state index is 0.426. The molecule has 3 nitrogen and oxygen atoms in total. The molecule has 0 fully saturated rings. The quantitative estimate of drug-likeness (QED) is 0.853. The molecule has 0 bridgehead atoms. The van der Waals surface area contributed by atoms with Gasteiger partial charge in [0.25, 0.3) is 0 Å². The summed E-state index contributed by atoms with van der Waals surface area (Å²) in [7, 11) is 1.55. The maximum atomic E-state index is 8.89. The summed E-state index contributed by atoms with van der Waals surface area (Å²) in [5, 5.41) is 8.89. The fourth-order valence-electron chi connectivity index (χ4n) is 1.42. The van der Waals surface area contributed by atoms with Crippen LogP contribution in [0.5, 0.6) is 11.5 Å². The molecule has 0 N–H and O–H groups in total. The molecule has 1 heterocycles. The first-order valence-electron chi connectivity index (χ1n) is 5.17. The van der Waals surface area contributed by atoms with Gasteiger partial charge in [-0.1, -0.05) is 11.6 Å². The van der Waals surface area contributed by atoms with Crippen molar-refractivity contribution in [2.45, 2.75) is 6.61 Å². The molecule has 0 saturated heterocycles. The van der Waals surface area contributed by atoms with Gasteiger partial charge in [0, 0.05) is 10.9 Å². The van der Waals surface area contributed by atoms with Crippen LogP contribution in [0.3, 0.4) is 0 Å². The van der Waals surface area contributed by atoms with Gasteiger partial charge in [-0.25, -0.2) is 0 Å². The monoisotopic (exact) mass is 279 g/mol. The Morgan fingerprint density at radius 1 is 1.28 bits per heavy atom. The van der Waals surface area contributed by atoms with E-state index in [2.05, 4.69) is 6.07 Å². The van der Waals surface area contributed by atoms with Crippen molar-refractivity contribution < 1.29 is 9.47 Å². The average Bonchev–Trinajstić information content (AvgIpc) is 2.81. The second kappa shape index (κ2) is 5.76. The van der Waals surface area contributed by atoms with Gasteiger partial charge in [0.1, 0.15) is 18.1 Å². The van der Waals surface area contributed by atoms with Crippen LogP contribution in [0.2, 0.25) is 4.34 Å². The highest BCUT2D eigenvalue weighted by Crippen LogP contribution is 2.26. The van der Waals surface area contributed by atoms with Crippen LogP contribution in [0.4, 0.5) is 0 Å². The van der Waals surface area contributed by atoms with E-state index in [0.717, 1.165) is 9.21 Å². The zero-order chi connectivity index (χ0) is 13.0. The number of methoxy groups -OCH3 is 1. The second-order valence-electron chi connectivity index (χ2n) is 3.50. The number of hydrogen-bond acceptors (Lipinski definition) is 4. The summed E-state index contributed by atoms with van der Waals surface area (Å²) in [6.45, 7) is 0.426. The molecule has 1 aromatic carbocycles. The maximum Gasteiger partial charge on any atom is 0.124 e. The van der Waals surface area contributed by atoms with Crippen molar-refractivity contribution in [1.29, 1.82) is 5.26 Å². The lowest BCUT2D eigenvalue weighted by Gasteiger charge is -2.07. The molecule has 2 aromatic rings. The lowest BCUT2D eigenvalue weighted by atomic mass is 10.2.